The molecule has 0 saturated carbocycles. The molecule has 0 N–H and O–H groups in total. The van der Waals surface area contributed by atoms with Crippen LogP contribution in [0, 0.1) is 0 Å². The van der Waals surface area contributed by atoms with E-state index in [1.807, 2.05) is 37.0 Å². The molecule has 5 nitrogen and oxygen atoms in total. The summed E-state index contributed by atoms with van der Waals surface area (Å²) in [6, 6.07) is 0. The average Bonchev–Trinajstić information content (AvgIpc) is 3.01. The zero-order valence-electron chi connectivity index (χ0n) is 15.8. The van der Waals surface area contributed by atoms with E-state index in [0.29, 0.717) is 13.1 Å². The van der Waals surface area contributed by atoms with Crippen molar-refractivity contribution in [2.24, 2.45) is 0 Å². The number of aryl methyl sites for hydroxylation is 2. The van der Waals surface area contributed by atoms with Crippen molar-refractivity contribution in [3.63, 3.8) is 0 Å². The van der Waals surface area contributed by atoms with Gasteiger partial charge in [-0.1, -0.05) is 13.8 Å². The fraction of sp³-hybridized carbons (Fsp3) is 0.684. The van der Waals surface area contributed by atoms with Gasteiger partial charge in [-0.3, -0.25) is 4.40 Å². The number of imidazole rings is 1. The first-order chi connectivity index (χ1) is 11.7. The second-order valence-corrected chi connectivity index (χ2v) is 9.99. The average molecular weight is 362 g/mol. The largest absolute Gasteiger partial charge is 0.444 e. The zero-order chi connectivity index (χ0) is 18.0. The molecule has 136 valence electrons. The summed E-state index contributed by atoms with van der Waals surface area (Å²) < 4.78 is 7.97. The predicted octanol–water partition coefficient (Wildman–Crippen LogP) is 4.30. The molecule has 6 heteroatoms. The number of fused-ring (bicyclic) bond motifs is 5. The molecule has 25 heavy (non-hydrogen) atoms. The lowest BCUT2D eigenvalue weighted by Gasteiger charge is -2.38. The molecular weight excluding hydrogens is 334 g/mol. The third-order valence-corrected chi connectivity index (χ3v) is 6.18. The molecular formula is C19H27N3O2S. The summed E-state index contributed by atoms with van der Waals surface area (Å²) in [6.45, 7) is 11.3. The monoisotopic (exact) mass is 361 g/mol. The Kier molecular flexibility index (Phi) is 3.69. The number of hydrogen-bond donors (Lipinski definition) is 0. The third kappa shape index (κ3) is 2.84. The predicted molar refractivity (Wildman–Crippen MR) is 99.4 cm³/mol. The second kappa shape index (κ2) is 5.47. The van der Waals surface area contributed by atoms with Gasteiger partial charge in [0.05, 0.1) is 17.9 Å². The molecule has 2 aromatic rings. The first kappa shape index (κ1) is 16.9. The van der Waals surface area contributed by atoms with Gasteiger partial charge in [0.2, 0.25) is 0 Å². The smallest absolute Gasteiger partial charge is 0.410 e. The number of rotatable bonds is 0. The van der Waals surface area contributed by atoms with Gasteiger partial charge >= 0.3 is 6.09 Å². The lowest BCUT2D eigenvalue weighted by Crippen LogP contribution is -2.47. The minimum absolute atomic E-state index is 0.169. The Morgan fingerprint density at radius 2 is 1.92 bits per heavy atom. The minimum Gasteiger partial charge on any atom is -0.444 e. The van der Waals surface area contributed by atoms with Gasteiger partial charge in [-0.25, -0.2) is 9.78 Å². The number of carbonyl (C=O) groups is 1. The summed E-state index contributed by atoms with van der Waals surface area (Å²) in [5.41, 5.74) is 3.10. The lowest BCUT2D eigenvalue weighted by molar-refractivity contribution is 0.0168. The van der Waals surface area contributed by atoms with E-state index in [1.165, 1.54) is 29.1 Å². The van der Waals surface area contributed by atoms with Crippen LogP contribution in [0.4, 0.5) is 4.79 Å². The van der Waals surface area contributed by atoms with Gasteiger partial charge in [0.1, 0.15) is 5.60 Å². The van der Waals surface area contributed by atoms with Crippen LogP contribution in [0.3, 0.4) is 0 Å². The molecule has 0 unspecified atom stereocenters. The molecule has 4 rings (SSSR count). The number of aromatic nitrogens is 2. The Bertz CT molecular complexity index is 841. The van der Waals surface area contributed by atoms with Gasteiger partial charge in [-0.2, -0.15) is 0 Å². The van der Waals surface area contributed by atoms with E-state index in [-0.39, 0.29) is 11.5 Å². The number of hydrogen-bond acceptors (Lipinski definition) is 4. The van der Waals surface area contributed by atoms with Gasteiger partial charge in [-0.15, -0.1) is 11.3 Å². The Balaban J connectivity index is 1.76. The molecule has 2 aromatic heterocycles. The van der Waals surface area contributed by atoms with Crippen LogP contribution in [0.1, 0.15) is 69.4 Å². The van der Waals surface area contributed by atoms with E-state index in [1.54, 1.807) is 0 Å². The number of amides is 1. The van der Waals surface area contributed by atoms with E-state index >= 15 is 0 Å². The van der Waals surface area contributed by atoms with Crippen LogP contribution in [-0.2, 0) is 29.5 Å². The third-order valence-electron chi connectivity index (χ3n) is 5.04. The Morgan fingerprint density at radius 3 is 2.64 bits per heavy atom. The van der Waals surface area contributed by atoms with Crippen LogP contribution >= 0.6 is 11.3 Å². The van der Waals surface area contributed by atoms with Gasteiger partial charge in [0.25, 0.3) is 0 Å². The van der Waals surface area contributed by atoms with Crippen molar-refractivity contribution in [2.75, 3.05) is 6.54 Å². The summed E-state index contributed by atoms with van der Waals surface area (Å²) in [6.07, 6.45) is 4.56. The molecule has 0 bridgehead atoms. The first-order valence-electron chi connectivity index (χ1n) is 9.16. The van der Waals surface area contributed by atoms with Crippen LogP contribution in [0.5, 0.6) is 0 Å². The van der Waals surface area contributed by atoms with Crippen molar-refractivity contribution < 1.29 is 9.53 Å². The summed E-state index contributed by atoms with van der Waals surface area (Å²) in [7, 11) is 0. The van der Waals surface area contributed by atoms with E-state index < -0.39 is 5.60 Å². The fourth-order valence-electron chi connectivity index (χ4n) is 4.03. The van der Waals surface area contributed by atoms with Crippen LogP contribution in [0.2, 0.25) is 0 Å². The van der Waals surface area contributed by atoms with Crippen molar-refractivity contribution in [3.05, 3.63) is 22.0 Å². The summed E-state index contributed by atoms with van der Waals surface area (Å²) in [5, 5.41) is 0. The Hall–Kier alpha value is -1.56. The van der Waals surface area contributed by atoms with E-state index in [4.69, 9.17) is 9.72 Å². The zero-order valence-corrected chi connectivity index (χ0v) is 16.6. The van der Waals surface area contributed by atoms with E-state index in [9.17, 15) is 4.79 Å². The highest BCUT2D eigenvalue weighted by molar-refractivity contribution is 7.17. The van der Waals surface area contributed by atoms with E-state index in [2.05, 4.69) is 18.2 Å². The molecule has 1 aliphatic heterocycles. The lowest BCUT2D eigenvalue weighted by atomic mass is 9.84. The van der Waals surface area contributed by atoms with Crippen LogP contribution in [0.25, 0.3) is 4.96 Å². The molecule has 2 aliphatic rings. The van der Waals surface area contributed by atoms with Crippen LogP contribution < -0.4 is 0 Å². The number of thiazole rings is 1. The minimum atomic E-state index is -0.476. The highest BCUT2D eigenvalue weighted by Gasteiger charge is 2.40. The van der Waals surface area contributed by atoms with E-state index in [0.717, 1.165) is 23.5 Å². The van der Waals surface area contributed by atoms with Crippen molar-refractivity contribution >= 4 is 22.4 Å². The molecule has 1 amide bonds. The SMILES string of the molecule is CC(C)(C)OC(=O)N1Cc2c(nc3sc4c(n23)CCCC4)C(C)(C)C1. The standard InChI is InChI=1S/C19H27N3O2S/c1-18(2,3)24-17(23)21-10-13-15(19(4,5)11-21)20-16-22(13)12-8-6-7-9-14(12)25-16/h6-11H2,1-5H3. The Labute approximate surface area is 153 Å². The topological polar surface area (TPSA) is 46.8 Å². The quantitative estimate of drug-likeness (QED) is 0.703. The molecule has 0 fully saturated rings. The number of nitrogens with zero attached hydrogens (tertiary/aromatic N) is 3. The van der Waals surface area contributed by atoms with Crippen molar-refractivity contribution in [1.29, 1.82) is 0 Å². The van der Waals surface area contributed by atoms with Crippen LogP contribution in [-0.4, -0.2) is 32.5 Å². The summed E-state index contributed by atoms with van der Waals surface area (Å²) in [5.74, 6) is 0. The van der Waals surface area contributed by atoms with Gasteiger partial charge < -0.3 is 9.64 Å². The van der Waals surface area contributed by atoms with Crippen molar-refractivity contribution in [1.82, 2.24) is 14.3 Å². The highest BCUT2D eigenvalue weighted by Crippen LogP contribution is 2.39. The molecule has 0 atom stereocenters. The molecule has 1 aliphatic carbocycles. The summed E-state index contributed by atoms with van der Waals surface area (Å²) >= 11 is 1.83. The first-order valence-corrected chi connectivity index (χ1v) is 9.98. The maximum absolute atomic E-state index is 12.7. The highest BCUT2D eigenvalue weighted by atomic mass is 32.1. The van der Waals surface area contributed by atoms with Crippen LogP contribution in [0.15, 0.2) is 0 Å². The van der Waals surface area contributed by atoms with Gasteiger partial charge in [-0.05, 0) is 46.5 Å². The number of carbonyl (C=O) groups excluding carboxylic acids is 1. The normalized spacial score (nSPS) is 19.6. The van der Waals surface area contributed by atoms with Gasteiger partial charge in [0, 0.05) is 22.5 Å². The molecule has 0 saturated heterocycles. The molecule has 3 heterocycles. The molecule has 0 aromatic carbocycles. The van der Waals surface area contributed by atoms with Crippen molar-refractivity contribution in [3.8, 4) is 0 Å². The van der Waals surface area contributed by atoms with Crippen molar-refractivity contribution in [2.45, 2.75) is 77.9 Å². The second-order valence-electron chi connectivity index (χ2n) is 8.92. The number of ether oxygens (including phenoxy) is 1. The maximum Gasteiger partial charge on any atom is 0.410 e. The fourth-order valence-corrected chi connectivity index (χ4v) is 5.26. The Morgan fingerprint density at radius 1 is 1.20 bits per heavy atom. The summed E-state index contributed by atoms with van der Waals surface area (Å²) in [4.78, 5) is 22.1. The molecule has 0 radical (unpaired) electrons. The maximum atomic E-state index is 12.7. The van der Waals surface area contributed by atoms with Gasteiger partial charge in [0.15, 0.2) is 4.96 Å². The molecule has 0 spiro atoms.